The highest BCUT2D eigenvalue weighted by atomic mass is 15.3. The molecule has 8 heteroatoms. The summed E-state index contributed by atoms with van der Waals surface area (Å²) in [5, 5.41) is 0. The van der Waals surface area contributed by atoms with E-state index >= 15 is 0 Å². The lowest BCUT2D eigenvalue weighted by atomic mass is 10.0. The Bertz CT molecular complexity index is 983. The van der Waals surface area contributed by atoms with Gasteiger partial charge in [-0.3, -0.25) is 0 Å². The van der Waals surface area contributed by atoms with E-state index in [1.165, 1.54) is 0 Å². The lowest BCUT2D eigenvalue weighted by Gasteiger charge is -2.23. The fraction of sp³-hybridized carbons (Fsp3) is 0.550. The van der Waals surface area contributed by atoms with Crippen LogP contribution in [0.4, 0.5) is 11.6 Å². The first kappa shape index (κ1) is 17.3. The molecule has 2 aliphatic rings. The summed E-state index contributed by atoms with van der Waals surface area (Å²) in [5.74, 6) is 4.55. The van der Waals surface area contributed by atoms with Gasteiger partial charge in [-0.25, -0.2) is 24.9 Å². The average Bonchev–Trinajstić information content (AvgIpc) is 3.40. The molecule has 0 bridgehead atoms. The van der Waals surface area contributed by atoms with E-state index in [2.05, 4.69) is 55.1 Å². The lowest BCUT2D eigenvalue weighted by Crippen LogP contribution is -2.30. The zero-order valence-corrected chi connectivity index (χ0v) is 16.7. The van der Waals surface area contributed by atoms with E-state index in [1.807, 2.05) is 18.6 Å². The van der Waals surface area contributed by atoms with Crippen LogP contribution < -0.4 is 9.80 Å². The lowest BCUT2D eigenvalue weighted by molar-refractivity contribution is 0.533. The van der Waals surface area contributed by atoms with Crippen molar-refractivity contribution in [2.45, 2.75) is 33.2 Å². The van der Waals surface area contributed by atoms with Crippen molar-refractivity contribution in [1.82, 2.24) is 29.5 Å². The van der Waals surface area contributed by atoms with Crippen molar-refractivity contribution >= 4 is 22.8 Å². The van der Waals surface area contributed by atoms with Gasteiger partial charge in [0.2, 0.25) is 0 Å². The summed E-state index contributed by atoms with van der Waals surface area (Å²) >= 11 is 0. The normalized spacial score (nSPS) is 21.9. The van der Waals surface area contributed by atoms with Crippen molar-refractivity contribution < 1.29 is 0 Å². The Hall–Kier alpha value is -2.77. The minimum Gasteiger partial charge on any atom is -0.356 e. The third-order valence-corrected chi connectivity index (χ3v) is 6.01. The molecule has 0 aromatic carbocycles. The van der Waals surface area contributed by atoms with Crippen LogP contribution in [-0.4, -0.2) is 55.7 Å². The van der Waals surface area contributed by atoms with Gasteiger partial charge in [0.1, 0.15) is 18.0 Å². The van der Waals surface area contributed by atoms with Crippen LogP contribution in [0.15, 0.2) is 24.9 Å². The van der Waals surface area contributed by atoms with Gasteiger partial charge in [0.15, 0.2) is 17.0 Å². The highest BCUT2D eigenvalue weighted by Crippen LogP contribution is 2.36. The first-order chi connectivity index (χ1) is 13.6. The van der Waals surface area contributed by atoms with E-state index in [-0.39, 0.29) is 0 Å². The summed E-state index contributed by atoms with van der Waals surface area (Å²) in [6, 6.07) is 2.04. The Morgan fingerprint density at radius 1 is 1.00 bits per heavy atom. The van der Waals surface area contributed by atoms with Crippen LogP contribution in [0.25, 0.3) is 11.2 Å². The maximum absolute atomic E-state index is 4.78. The van der Waals surface area contributed by atoms with Crippen LogP contribution in [0.3, 0.4) is 0 Å². The molecule has 8 nitrogen and oxygen atoms in total. The largest absolute Gasteiger partial charge is 0.356 e. The van der Waals surface area contributed by atoms with Crippen LogP contribution in [0.2, 0.25) is 0 Å². The molecule has 2 fully saturated rings. The summed E-state index contributed by atoms with van der Waals surface area (Å²) in [7, 11) is 0. The monoisotopic (exact) mass is 378 g/mol. The third kappa shape index (κ3) is 2.78. The molecule has 2 aliphatic heterocycles. The number of imidazole rings is 1. The number of hydrogen-bond donors (Lipinski definition) is 0. The SMILES string of the molecule is CCn1cnc2c(N3CC4CN(c5ccnc(C(C)C)n5)CC4C3)ncnc21. The minimum absolute atomic E-state index is 0.348. The molecular weight excluding hydrogens is 352 g/mol. The predicted octanol–water partition coefficient (Wildman–Crippen LogP) is 2.33. The summed E-state index contributed by atoms with van der Waals surface area (Å²) in [4.78, 5) is 27.6. The van der Waals surface area contributed by atoms with Gasteiger partial charge in [-0.1, -0.05) is 13.8 Å². The standard InChI is InChI=1S/C20H26N8/c1-4-26-12-24-17-19(26)22-11-23-20(17)28-9-14-7-27(8-15(14)10-28)16-5-6-21-18(25-16)13(2)3/h5-6,11-15H,4,7-10H2,1-3H3. The van der Waals surface area contributed by atoms with E-state index in [1.54, 1.807) is 6.33 Å². The average molecular weight is 378 g/mol. The zero-order valence-electron chi connectivity index (χ0n) is 16.7. The summed E-state index contributed by atoms with van der Waals surface area (Å²) in [6.07, 6.45) is 5.42. The zero-order chi connectivity index (χ0) is 19.3. The van der Waals surface area contributed by atoms with E-state index < -0.39 is 0 Å². The molecule has 0 saturated carbocycles. The van der Waals surface area contributed by atoms with Crippen molar-refractivity contribution in [1.29, 1.82) is 0 Å². The van der Waals surface area contributed by atoms with Crippen LogP contribution >= 0.6 is 0 Å². The first-order valence-electron chi connectivity index (χ1n) is 10.1. The molecule has 0 N–H and O–H groups in total. The molecular formula is C20H26N8. The number of aromatic nitrogens is 6. The Kier molecular flexibility index (Phi) is 4.14. The fourth-order valence-electron chi connectivity index (χ4n) is 4.50. The van der Waals surface area contributed by atoms with Crippen LogP contribution in [0.1, 0.15) is 32.5 Å². The maximum atomic E-state index is 4.78. The van der Waals surface area contributed by atoms with Gasteiger partial charge in [0.05, 0.1) is 6.33 Å². The predicted molar refractivity (Wildman–Crippen MR) is 109 cm³/mol. The second-order valence-electron chi connectivity index (χ2n) is 8.16. The van der Waals surface area contributed by atoms with E-state index in [0.717, 1.165) is 61.3 Å². The van der Waals surface area contributed by atoms with Gasteiger partial charge >= 0.3 is 0 Å². The van der Waals surface area contributed by atoms with Crippen LogP contribution in [0, 0.1) is 11.8 Å². The Balaban J connectivity index is 1.34. The molecule has 3 aromatic rings. The van der Waals surface area contributed by atoms with Crippen molar-refractivity contribution in [3.8, 4) is 0 Å². The van der Waals surface area contributed by atoms with Gasteiger partial charge in [-0.15, -0.1) is 0 Å². The quantitative estimate of drug-likeness (QED) is 0.690. The van der Waals surface area contributed by atoms with Crippen molar-refractivity contribution in [3.05, 3.63) is 30.7 Å². The molecule has 5 heterocycles. The Morgan fingerprint density at radius 3 is 2.46 bits per heavy atom. The Morgan fingerprint density at radius 2 is 1.75 bits per heavy atom. The number of hydrogen-bond acceptors (Lipinski definition) is 7. The molecule has 0 radical (unpaired) electrons. The number of rotatable bonds is 4. The molecule has 28 heavy (non-hydrogen) atoms. The highest BCUT2D eigenvalue weighted by Gasteiger charge is 2.41. The van der Waals surface area contributed by atoms with Crippen molar-refractivity contribution in [2.75, 3.05) is 36.0 Å². The number of aryl methyl sites for hydroxylation is 1. The first-order valence-corrected chi connectivity index (χ1v) is 10.1. The Labute approximate surface area is 164 Å². The second-order valence-corrected chi connectivity index (χ2v) is 8.16. The number of nitrogens with zero attached hydrogens (tertiary/aromatic N) is 8. The van der Waals surface area contributed by atoms with Gasteiger partial charge in [-0.2, -0.15) is 0 Å². The second kappa shape index (κ2) is 6.68. The van der Waals surface area contributed by atoms with Crippen molar-refractivity contribution in [2.24, 2.45) is 11.8 Å². The summed E-state index contributed by atoms with van der Waals surface area (Å²) in [6.45, 7) is 11.3. The molecule has 2 atom stereocenters. The maximum Gasteiger partial charge on any atom is 0.165 e. The van der Waals surface area contributed by atoms with E-state index in [0.29, 0.717) is 17.8 Å². The smallest absolute Gasteiger partial charge is 0.165 e. The van der Waals surface area contributed by atoms with Gasteiger partial charge in [0.25, 0.3) is 0 Å². The van der Waals surface area contributed by atoms with Gasteiger partial charge < -0.3 is 14.4 Å². The molecule has 0 amide bonds. The highest BCUT2D eigenvalue weighted by molar-refractivity contribution is 5.83. The summed E-state index contributed by atoms with van der Waals surface area (Å²) in [5.41, 5.74) is 1.84. The number of anilines is 2. The molecule has 5 rings (SSSR count). The van der Waals surface area contributed by atoms with Crippen molar-refractivity contribution in [3.63, 3.8) is 0 Å². The molecule has 146 valence electrons. The van der Waals surface area contributed by atoms with Crippen LogP contribution in [-0.2, 0) is 6.54 Å². The molecule has 3 aromatic heterocycles. The summed E-state index contributed by atoms with van der Waals surface area (Å²) < 4.78 is 2.07. The minimum atomic E-state index is 0.348. The van der Waals surface area contributed by atoms with E-state index in [9.17, 15) is 0 Å². The molecule has 0 spiro atoms. The third-order valence-electron chi connectivity index (χ3n) is 6.01. The molecule has 2 saturated heterocycles. The van der Waals surface area contributed by atoms with Crippen LogP contribution in [0.5, 0.6) is 0 Å². The molecule has 2 unspecified atom stereocenters. The topological polar surface area (TPSA) is 75.9 Å². The van der Waals surface area contributed by atoms with Gasteiger partial charge in [-0.05, 0) is 13.0 Å². The van der Waals surface area contributed by atoms with E-state index in [4.69, 9.17) is 4.98 Å². The van der Waals surface area contributed by atoms with Gasteiger partial charge in [0, 0.05) is 56.7 Å². The molecule has 0 aliphatic carbocycles. The number of fused-ring (bicyclic) bond motifs is 2. The fourth-order valence-corrected chi connectivity index (χ4v) is 4.50.